The Morgan fingerprint density at radius 1 is 0.739 bits per heavy atom. The van der Waals surface area contributed by atoms with E-state index in [1.54, 1.807) is 45.8 Å². The minimum atomic E-state index is 0.149. The SMILES string of the molecule is CCC[CH2][Sn+2][CH2]CCC.[S-]c1ncccn1.[S-]c1ncccn1. The Bertz CT molecular complexity index is 417. The van der Waals surface area contributed by atoms with E-state index in [2.05, 4.69) is 59.0 Å². The van der Waals surface area contributed by atoms with Gasteiger partial charge in [-0.05, 0) is 12.1 Å². The Labute approximate surface area is 161 Å². The van der Waals surface area contributed by atoms with E-state index in [9.17, 15) is 0 Å². The standard InChI is InChI=1S/2C4H4N2S.2C4H9.Sn/c2*7-4-5-2-1-3-6-4;2*1-3-4-2;/h2*1-3H,(H,5,6,7);2*1,3-4H2,2H3;/q;;;;+2/p-2. The van der Waals surface area contributed by atoms with Gasteiger partial charge in [0, 0.05) is 35.1 Å². The topological polar surface area (TPSA) is 51.6 Å². The third-order valence-electron chi connectivity index (χ3n) is 2.50. The zero-order valence-electron chi connectivity index (χ0n) is 13.8. The second-order valence-corrected chi connectivity index (χ2v) is 9.53. The minimum Gasteiger partial charge on any atom is -0.740 e. The number of rotatable bonds is 6. The van der Waals surface area contributed by atoms with E-state index in [0.29, 0.717) is 10.3 Å². The van der Waals surface area contributed by atoms with Gasteiger partial charge in [0.2, 0.25) is 0 Å². The first-order valence-electron chi connectivity index (χ1n) is 7.79. The normalized spacial score (nSPS) is 8.78. The Morgan fingerprint density at radius 3 is 1.30 bits per heavy atom. The van der Waals surface area contributed by atoms with Gasteiger partial charge in [0.1, 0.15) is 0 Å². The molecule has 0 atom stereocenters. The largest absolute Gasteiger partial charge is 0.740 e. The fourth-order valence-electron chi connectivity index (χ4n) is 1.30. The van der Waals surface area contributed by atoms with E-state index in [1.165, 1.54) is 25.7 Å². The Hall–Kier alpha value is -0.601. The average Bonchev–Trinajstić information content (AvgIpc) is 2.57. The van der Waals surface area contributed by atoms with E-state index in [0.717, 1.165) is 0 Å². The molecule has 4 nitrogen and oxygen atoms in total. The maximum atomic E-state index is 4.59. The molecule has 0 spiro atoms. The fourth-order valence-corrected chi connectivity index (χ4v) is 5.70. The monoisotopic (exact) mass is 456 g/mol. The summed E-state index contributed by atoms with van der Waals surface area (Å²) in [5.41, 5.74) is 0. The summed E-state index contributed by atoms with van der Waals surface area (Å²) in [5, 5.41) is 0.810. The molecule has 0 aliphatic heterocycles. The maximum Gasteiger partial charge on any atom is 0.0283 e. The number of aromatic nitrogens is 4. The Kier molecular flexibility index (Phi) is 17.3. The molecule has 0 aliphatic carbocycles. The van der Waals surface area contributed by atoms with Crippen LogP contribution in [-0.2, 0) is 25.3 Å². The molecule has 2 heterocycles. The van der Waals surface area contributed by atoms with Crippen molar-refractivity contribution in [3.05, 3.63) is 36.9 Å². The second kappa shape index (κ2) is 17.7. The summed E-state index contributed by atoms with van der Waals surface area (Å²) in [4.78, 5) is 14.7. The van der Waals surface area contributed by atoms with Crippen LogP contribution >= 0.6 is 0 Å². The molecule has 0 bridgehead atoms. The predicted molar refractivity (Wildman–Crippen MR) is 101 cm³/mol. The molecule has 0 unspecified atom stereocenters. The molecule has 0 fully saturated rings. The van der Waals surface area contributed by atoms with Gasteiger partial charge in [-0.25, -0.2) is 0 Å². The van der Waals surface area contributed by atoms with Crippen molar-refractivity contribution in [3.8, 4) is 0 Å². The van der Waals surface area contributed by atoms with Gasteiger partial charge in [-0.1, -0.05) is 0 Å². The zero-order chi connectivity index (χ0) is 17.2. The molecule has 2 aromatic rings. The van der Waals surface area contributed by atoms with Crippen LogP contribution in [0.3, 0.4) is 0 Å². The first-order chi connectivity index (χ1) is 11.2. The van der Waals surface area contributed by atoms with E-state index in [1.807, 2.05) is 0 Å². The summed E-state index contributed by atoms with van der Waals surface area (Å²) >= 11 is 9.33. The molecular weight excluding hydrogens is 431 g/mol. The third-order valence-corrected chi connectivity index (χ3v) is 6.96. The van der Waals surface area contributed by atoms with Crippen LogP contribution in [0.2, 0.25) is 8.87 Å². The van der Waals surface area contributed by atoms with Crippen LogP contribution < -0.4 is 0 Å². The van der Waals surface area contributed by atoms with Gasteiger partial charge in [0.25, 0.3) is 0 Å². The van der Waals surface area contributed by atoms with Gasteiger partial charge in [-0.2, -0.15) is 0 Å². The van der Waals surface area contributed by atoms with Crippen LogP contribution in [0.4, 0.5) is 0 Å². The van der Waals surface area contributed by atoms with Gasteiger partial charge in [0.15, 0.2) is 0 Å². The van der Waals surface area contributed by atoms with Crippen molar-refractivity contribution >= 4 is 46.4 Å². The van der Waals surface area contributed by atoms with Crippen molar-refractivity contribution in [1.29, 1.82) is 0 Å². The van der Waals surface area contributed by atoms with Crippen LogP contribution in [0.1, 0.15) is 39.5 Å². The van der Waals surface area contributed by atoms with E-state index >= 15 is 0 Å². The first kappa shape index (κ1) is 22.4. The van der Waals surface area contributed by atoms with Crippen molar-refractivity contribution in [2.75, 3.05) is 0 Å². The summed E-state index contributed by atoms with van der Waals surface area (Å²) in [5.74, 6) is 0. The van der Waals surface area contributed by atoms with Gasteiger partial charge >= 0.3 is 69.5 Å². The molecule has 0 radical (unpaired) electrons. The van der Waals surface area contributed by atoms with Crippen molar-refractivity contribution < 1.29 is 0 Å². The molecule has 0 aromatic carbocycles. The molecule has 0 saturated heterocycles. The van der Waals surface area contributed by atoms with Gasteiger partial charge in [0.05, 0.1) is 0 Å². The molecule has 124 valence electrons. The molecule has 23 heavy (non-hydrogen) atoms. The molecule has 0 saturated carbocycles. The van der Waals surface area contributed by atoms with Crippen molar-refractivity contribution in [2.24, 2.45) is 0 Å². The second-order valence-electron chi connectivity index (χ2n) is 4.52. The smallest absolute Gasteiger partial charge is 0.0283 e. The molecule has 0 N–H and O–H groups in total. The Morgan fingerprint density at radius 2 is 1.09 bits per heavy atom. The summed E-state index contributed by atoms with van der Waals surface area (Å²) in [6.07, 6.45) is 12.3. The van der Waals surface area contributed by atoms with Crippen LogP contribution in [0.15, 0.2) is 47.2 Å². The number of hydrogen-bond donors (Lipinski definition) is 0. The predicted octanol–water partition coefficient (Wildman–Crippen LogP) is 3.89. The number of unbranched alkanes of at least 4 members (excludes halogenated alkanes) is 2. The molecule has 2 rings (SSSR count). The van der Waals surface area contributed by atoms with Crippen LogP contribution in [0.25, 0.3) is 0 Å². The van der Waals surface area contributed by atoms with E-state index in [-0.39, 0.29) is 21.1 Å². The molecule has 0 amide bonds. The fraction of sp³-hybridized carbons (Fsp3) is 0.500. The van der Waals surface area contributed by atoms with Crippen LogP contribution in [-0.4, -0.2) is 41.1 Å². The third kappa shape index (κ3) is 17.6. The quantitative estimate of drug-likeness (QED) is 0.285. The summed E-state index contributed by atoms with van der Waals surface area (Å²) in [6, 6.07) is 3.46. The first-order valence-corrected chi connectivity index (χ1v) is 12.6. The average molecular weight is 455 g/mol. The zero-order valence-corrected chi connectivity index (χ0v) is 18.3. The van der Waals surface area contributed by atoms with Gasteiger partial charge < -0.3 is 25.3 Å². The van der Waals surface area contributed by atoms with Gasteiger partial charge in [-0.3, -0.25) is 19.9 Å². The molecule has 7 heteroatoms. The van der Waals surface area contributed by atoms with E-state index < -0.39 is 0 Å². The molecular formula is C16H24N4S2Sn. The number of hydrogen-bond acceptors (Lipinski definition) is 6. The van der Waals surface area contributed by atoms with Crippen molar-refractivity contribution in [1.82, 2.24) is 19.9 Å². The van der Waals surface area contributed by atoms with Crippen LogP contribution in [0.5, 0.6) is 0 Å². The summed E-state index contributed by atoms with van der Waals surface area (Å²) < 4.78 is 3.25. The van der Waals surface area contributed by atoms with Crippen molar-refractivity contribution in [3.63, 3.8) is 0 Å². The maximum absolute atomic E-state index is 4.59. The van der Waals surface area contributed by atoms with Gasteiger partial charge in [-0.15, -0.1) is 0 Å². The minimum absolute atomic E-state index is 0.149. The van der Waals surface area contributed by atoms with Crippen molar-refractivity contribution in [2.45, 2.75) is 58.7 Å². The summed E-state index contributed by atoms with van der Waals surface area (Å²) in [6.45, 7) is 4.58. The Balaban J connectivity index is 0.000000318. The molecule has 0 aliphatic rings. The molecule has 2 aromatic heterocycles. The number of nitrogens with zero attached hydrogens (tertiary/aromatic N) is 4. The van der Waals surface area contributed by atoms with E-state index in [4.69, 9.17) is 0 Å². The van der Waals surface area contributed by atoms with Crippen LogP contribution in [0, 0.1) is 0 Å². The summed E-state index contributed by atoms with van der Waals surface area (Å²) in [7, 11) is 0.